The molecule has 1 aromatic carbocycles. The Kier molecular flexibility index (Phi) is 10.9. The first-order valence-electron chi connectivity index (χ1n) is 23.9. The normalized spacial score (nSPS) is 35.7. The molecule has 1 N–H and O–H groups in total. The molecule has 2 aliphatic heterocycles. The van der Waals surface area contributed by atoms with E-state index in [-0.39, 0.29) is 16.8 Å². The topological polar surface area (TPSA) is 79.9 Å². The van der Waals surface area contributed by atoms with Gasteiger partial charge in [0.2, 0.25) is 0 Å². The second-order valence-corrected chi connectivity index (χ2v) is 19.8. The zero-order valence-corrected chi connectivity index (χ0v) is 35.9. The van der Waals surface area contributed by atoms with Crippen LogP contribution < -0.4 is 5.32 Å². The van der Waals surface area contributed by atoms with Gasteiger partial charge in [0.1, 0.15) is 0 Å². The van der Waals surface area contributed by atoms with E-state index in [0.29, 0.717) is 65.7 Å². The Bertz CT molecular complexity index is 2420. The summed E-state index contributed by atoms with van der Waals surface area (Å²) in [6.45, 7) is 0. The molecule has 11 unspecified atom stereocenters. The van der Waals surface area contributed by atoms with Crippen LogP contribution in [0.2, 0.25) is 0 Å². The highest BCUT2D eigenvalue weighted by atomic mass is 16.6. The Morgan fingerprint density at radius 1 is 0.806 bits per heavy atom. The van der Waals surface area contributed by atoms with Crippen LogP contribution in [-0.4, -0.2) is 28.6 Å². The molecule has 0 saturated heterocycles. The van der Waals surface area contributed by atoms with Gasteiger partial charge in [-0.1, -0.05) is 127 Å². The van der Waals surface area contributed by atoms with Crippen LogP contribution in [0, 0.1) is 63.4 Å². The number of aliphatic imine (C=N–C) groups is 2. The van der Waals surface area contributed by atoms with E-state index in [9.17, 15) is 10.1 Å². The predicted molar refractivity (Wildman–Crippen MR) is 253 cm³/mol. The van der Waals surface area contributed by atoms with Gasteiger partial charge >= 0.3 is 5.84 Å². The van der Waals surface area contributed by atoms with Crippen molar-refractivity contribution in [3.05, 3.63) is 183 Å². The SMILES string of the molecule is O=[N+]([O-])C(=N/C(=C\CC1=CC=CC2CC12)c1ccccc1)C1=CC=C(C2=CC3=CC=CCC3C(C3C=CC(C4=NC(C5CCC6CC6C5)CC(C5C=CC=CC5)C4)=CC3)N2)CC1. The lowest BCUT2D eigenvalue weighted by Crippen LogP contribution is -2.45. The molecular weight excluding hydrogens is 761 g/mol. The molecule has 3 saturated carbocycles. The molecule has 10 aliphatic rings. The number of nitro groups is 1. The number of allylic oxidation sites excluding steroid dienone is 19. The number of hydrogen-bond acceptors (Lipinski definition) is 5. The number of benzene rings is 1. The van der Waals surface area contributed by atoms with Crippen molar-refractivity contribution in [2.75, 3.05) is 0 Å². The summed E-state index contributed by atoms with van der Waals surface area (Å²) in [5.41, 5.74) is 10.1. The van der Waals surface area contributed by atoms with Crippen LogP contribution in [0.4, 0.5) is 0 Å². The summed E-state index contributed by atoms with van der Waals surface area (Å²) in [4.78, 5) is 22.9. The smallest absolute Gasteiger partial charge is 0.367 e. The van der Waals surface area contributed by atoms with E-state index >= 15 is 0 Å². The van der Waals surface area contributed by atoms with Crippen LogP contribution in [-0.2, 0) is 0 Å². The van der Waals surface area contributed by atoms with Gasteiger partial charge in [-0.15, -0.1) is 0 Å². The van der Waals surface area contributed by atoms with Gasteiger partial charge in [0.25, 0.3) is 0 Å². The Labute approximate surface area is 367 Å². The van der Waals surface area contributed by atoms with E-state index in [1.807, 2.05) is 36.4 Å². The maximum absolute atomic E-state index is 12.7. The zero-order chi connectivity index (χ0) is 41.6. The van der Waals surface area contributed by atoms with Crippen LogP contribution in [0.5, 0.6) is 0 Å². The quantitative estimate of drug-likeness (QED) is 0.110. The minimum absolute atomic E-state index is 0.0571. The fourth-order valence-electron chi connectivity index (χ4n) is 12.3. The summed E-state index contributed by atoms with van der Waals surface area (Å²) in [6, 6.07) is 10.6. The first-order valence-corrected chi connectivity index (χ1v) is 23.9. The van der Waals surface area contributed by atoms with Crippen LogP contribution in [0.1, 0.15) is 89.0 Å². The molecule has 11 rings (SSSR count). The van der Waals surface area contributed by atoms with E-state index in [0.717, 1.165) is 61.1 Å². The molecule has 62 heavy (non-hydrogen) atoms. The lowest BCUT2D eigenvalue weighted by molar-refractivity contribution is -0.349. The number of amidine groups is 1. The summed E-state index contributed by atoms with van der Waals surface area (Å²) in [6.07, 6.45) is 53.0. The Morgan fingerprint density at radius 3 is 2.48 bits per heavy atom. The van der Waals surface area contributed by atoms with Crippen LogP contribution in [0.3, 0.4) is 0 Å². The largest absolute Gasteiger partial charge is 0.381 e. The third-order valence-corrected chi connectivity index (χ3v) is 16.1. The first kappa shape index (κ1) is 39.5. The summed E-state index contributed by atoms with van der Waals surface area (Å²) >= 11 is 0. The third-order valence-electron chi connectivity index (χ3n) is 16.1. The fraction of sp³-hybridized carbons (Fsp3) is 0.429. The predicted octanol–water partition coefficient (Wildman–Crippen LogP) is 12.5. The molecule has 0 bridgehead atoms. The van der Waals surface area contributed by atoms with Gasteiger partial charge in [0.05, 0.1) is 11.6 Å². The van der Waals surface area contributed by atoms with Gasteiger partial charge in [-0.05, 0) is 164 Å². The van der Waals surface area contributed by atoms with E-state index < -0.39 is 0 Å². The number of nitrogens with zero attached hydrogens (tertiary/aromatic N) is 3. The summed E-state index contributed by atoms with van der Waals surface area (Å²) < 4.78 is 0. The van der Waals surface area contributed by atoms with Crippen molar-refractivity contribution >= 4 is 17.2 Å². The molecule has 0 radical (unpaired) electrons. The Balaban J connectivity index is 0.818. The standard InChI is InChI=1S/C56H60N4O2/c61-60(62)56(59-51(38-12-5-2-6-13-38)29-28-37-15-9-16-44-32-50(37)44)42-24-20-40(21-25-42)53-33-45-14-7-8-17-49(45)55(58-53)41-22-18-39(19-23-41)52-34-48(36-10-3-1-4-11-36)35-54(57-52)46-27-26-43-30-47(43)31-46/h1-10,12-16,18-20,22,24,29,33,36,41,43-44,46-50,54-55,58H,11,17,21,23,25-28,30-32,34-35H2/b51-29-,59-56?. The van der Waals surface area contributed by atoms with Crippen molar-refractivity contribution in [2.45, 2.75) is 95.6 Å². The first-order chi connectivity index (χ1) is 30.5. The highest BCUT2D eigenvalue weighted by molar-refractivity contribution is 6.03. The van der Waals surface area contributed by atoms with Gasteiger partial charge in [0, 0.05) is 34.8 Å². The number of fused-ring (bicyclic) bond motifs is 3. The van der Waals surface area contributed by atoms with Crippen LogP contribution in [0.15, 0.2) is 177 Å². The molecule has 0 amide bonds. The van der Waals surface area contributed by atoms with Gasteiger partial charge in [-0.25, -0.2) is 0 Å². The number of hydrogen-bond donors (Lipinski definition) is 1. The van der Waals surface area contributed by atoms with Crippen molar-refractivity contribution in [1.29, 1.82) is 0 Å². The second kappa shape index (κ2) is 17.1. The average molecular weight is 821 g/mol. The number of nitrogens with one attached hydrogen (secondary N) is 1. The summed E-state index contributed by atoms with van der Waals surface area (Å²) in [5, 5.41) is 16.8. The lowest BCUT2D eigenvalue weighted by atomic mass is 9.71. The molecule has 0 aromatic heterocycles. The maximum Gasteiger partial charge on any atom is 0.367 e. The van der Waals surface area contributed by atoms with E-state index in [1.165, 1.54) is 66.5 Å². The number of rotatable bonds is 10. The van der Waals surface area contributed by atoms with Crippen molar-refractivity contribution in [1.82, 2.24) is 5.32 Å². The van der Waals surface area contributed by atoms with Crippen molar-refractivity contribution in [3.63, 3.8) is 0 Å². The van der Waals surface area contributed by atoms with E-state index in [1.54, 1.807) is 0 Å². The van der Waals surface area contributed by atoms with Gasteiger partial charge in [0.15, 0.2) is 5.70 Å². The maximum atomic E-state index is 12.7. The highest BCUT2D eigenvalue weighted by Crippen LogP contribution is 2.54. The van der Waals surface area contributed by atoms with E-state index in [2.05, 4.69) is 103 Å². The molecule has 8 aliphatic carbocycles. The molecular formula is C56H60N4O2. The molecule has 1 aromatic rings. The minimum atomic E-state index is -0.294. The summed E-state index contributed by atoms with van der Waals surface area (Å²) in [7, 11) is 0. The molecule has 6 nitrogen and oxygen atoms in total. The zero-order valence-electron chi connectivity index (χ0n) is 35.9. The molecule has 0 spiro atoms. The monoisotopic (exact) mass is 820 g/mol. The molecule has 2 heterocycles. The fourth-order valence-corrected chi connectivity index (χ4v) is 12.3. The van der Waals surface area contributed by atoms with Crippen molar-refractivity contribution in [2.24, 2.45) is 63.2 Å². The lowest BCUT2D eigenvalue weighted by Gasteiger charge is -2.41. The molecule has 11 atom stereocenters. The molecule has 316 valence electrons. The molecule has 6 heteroatoms. The van der Waals surface area contributed by atoms with E-state index in [4.69, 9.17) is 9.98 Å². The van der Waals surface area contributed by atoms with Gasteiger partial charge in [-0.2, -0.15) is 0 Å². The minimum Gasteiger partial charge on any atom is -0.381 e. The van der Waals surface area contributed by atoms with Crippen molar-refractivity contribution in [3.8, 4) is 0 Å². The Morgan fingerprint density at radius 2 is 1.68 bits per heavy atom. The van der Waals surface area contributed by atoms with Gasteiger partial charge in [-0.3, -0.25) is 4.99 Å². The highest BCUT2D eigenvalue weighted by Gasteiger charge is 2.45. The summed E-state index contributed by atoms with van der Waals surface area (Å²) in [5.74, 6) is 5.98. The second-order valence-electron chi connectivity index (χ2n) is 19.8. The molecule has 3 fully saturated rings. The Hall–Kier alpha value is -5.36. The van der Waals surface area contributed by atoms with Crippen molar-refractivity contribution < 1.29 is 4.92 Å². The van der Waals surface area contributed by atoms with Gasteiger partial charge < -0.3 is 15.4 Å². The van der Waals surface area contributed by atoms with Crippen LogP contribution in [0.25, 0.3) is 5.70 Å². The van der Waals surface area contributed by atoms with Crippen LogP contribution >= 0.6 is 0 Å². The third kappa shape index (κ3) is 8.30. The average Bonchev–Trinajstić information content (AvgIpc) is 4.28.